The van der Waals surface area contributed by atoms with Gasteiger partial charge in [-0.25, -0.2) is 0 Å². The Bertz CT molecular complexity index is 683. The molecule has 11 N–H and O–H groups in total. The summed E-state index contributed by atoms with van der Waals surface area (Å²) in [7, 11) is 0. The van der Waals surface area contributed by atoms with E-state index in [-0.39, 0.29) is 12.8 Å². The number of rotatable bonds is 13. The molecule has 14 nitrogen and oxygen atoms in total. The van der Waals surface area contributed by atoms with Crippen LogP contribution in [0.2, 0.25) is 0 Å². The summed E-state index contributed by atoms with van der Waals surface area (Å²) in [6.45, 7) is 2.41. The van der Waals surface area contributed by atoms with E-state index >= 15 is 0 Å². The highest BCUT2D eigenvalue weighted by Crippen LogP contribution is 2.02. The van der Waals surface area contributed by atoms with Crippen molar-refractivity contribution >= 4 is 35.5 Å². The summed E-state index contributed by atoms with van der Waals surface area (Å²) >= 11 is 0. The minimum atomic E-state index is -1.55. The van der Waals surface area contributed by atoms with Gasteiger partial charge in [-0.1, -0.05) is 0 Å². The van der Waals surface area contributed by atoms with Gasteiger partial charge in [0.1, 0.15) is 24.2 Å². The smallest absolute Gasteiger partial charge is 0.325 e. The van der Waals surface area contributed by atoms with Crippen LogP contribution in [0, 0.1) is 0 Å². The minimum absolute atomic E-state index is 0.268. The standard InChI is InChI=1S/C16H28N6O8/c1-6(16(29)30)20-14(27)9(5-11(18)25)22-13(26)8(3-4-10(17)24)21-15(28)12(19)7(2)23/h6-9,12,23H,3-5,19H2,1-2H3,(H2,17,24)(H2,18,25)(H,20,27)(H,21,28)(H,22,26)(H,29,30). The number of nitrogens with two attached hydrogens (primary N) is 3. The molecule has 0 aliphatic heterocycles. The van der Waals surface area contributed by atoms with Crippen LogP contribution in [0.1, 0.15) is 33.1 Å². The topological polar surface area (TPSA) is 257 Å². The first-order chi connectivity index (χ1) is 13.8. The summed E-state index contributed by atoms with van der Waals surface area (Å²) in [5.41, 5.74) is 15.6. The minimum Gasteiger partial charge on any atom is -0.480 e. The molecule has 0 aliphatic rings. The van der Waals surface area contributed by atoms with Gasteiger partial charge in [0.15, 0.2) is 0 Å². The lowest BCUT2D eigenvalue weighted by Crippen LogP contribution is -2.58. The molecule has 0 aliphatic carbocycles. The molecule has 0 radical (unpaired) electrons. The van der Waals surface area contributed by atoms with E-state index in [4.69, 9.17) is 22.3 Å². The zero-order valence-electron chi connectivity index (χ0n) is 16.6. The molecule has 30 heavy (non-hydrogen) atoms. The third-order valence-electron chi connectivity index (χ3n) is 3.90. The molecule has 0 aromatic heterocycles. The van der Waals surface area contributed by atoms with E-state index < -0.39 is 72.2 Å². The van der Waals surface area contributed by atoms with Crippen LogP contribution >= 0.6 is 0 Å². The van der Waals surface area contributed by atoms with Crippen LogP contribution in [0.4, 0.5) is 0 Å². The predicted octanol–water partition coefficient (Wildman–Crippen LogP) is -4.61. The number of carbonyl (C=O) groups excluding carboxylic acids is 5. The maximum atomic E-state index is 12.6. The van der Waals surface area contributed by atoms with Crippen LogP contribution in [0.5, 0.6) is 0 Å². The Morgan fingerprint density at radius 2 is 1.33 bits per heavy atom. The molecule has 0 fully saturated rings. The highest BCUT2D eigenvalue weighted by atomic mass is 16.4. The lowest BCUT2D eigenvalue weighted by molar-refractivity contribution is -0.142. The highest BCUT2D eigenvalue weighted by Gasteiger charge is 2.31. The Labute approximate surface area is 171 Å². The fraction of sp³-hybridized carbons (Fsp3) is 0.625. The van der Waals surface area contributed by atoms with Crippen molar-refractivity contribution < 1.29 is 39.0 Å². The normalized spacial score (nSPS) is 15.6. The van der Waals surface area contributed by atoms with Crippen LogP contribution in [0.25, 0.3) is 0 Å². The molecule has 0 bridgehead atoms. The van der Waals surface area contributed by atoms with Gasteiger partial charge in [-0.15, -0.1) is 0 Å². The number of aliphatic hydroxyl groups is 1. The van der Waals surface area contributed by atoms with E-state index in [1.165, 1.54) is 6.92 Å². The zero-order chi connectivity index (χ0) is 23.6. The number of aliphatic carboxylic acids is 1. The number of carbonyl (C=O) groups is 6. The van der Waals surface area contributed by atoms with Crippen molar-refractivity contribution in [3.05, 3.63) is 0 Å². The Balaban J connectivity index is 5.44. The second kappa shape index (κ2) is 12.3. The largest absolute Gasteiger partial charge is 0.480 e. The molecule has 0 aromatic carbocycles. The predicted molar refractivity (Wildman–Crippen MR) is 101 cm³/mol. The lowest BCUT2D eigenvalue weighted by atomic mass is 10.1. The third-order valence-corrected chi connectivity index (χ3v) is 3.90. The Kier molecular flexibility index (Phi) is 11.0. The Hall–Kier alpha value is -3.26. The molecule has 0 heterocycles. The molecular weight excluding hydrogens is 404 g/mol. The molecule has 5 amide bonds. The first-order valence-corrected chi connectivity index (χ1v) is 8.90. The number of nitrogens with one attached hydrogen (secondary N) is 3. The zero-order valence-corrected chi connectivity index (χ0v) is 16.6. The number of hydrogen-bond acceptors (Lipinski definition) is 8. The summed E-state index contributed by atoms with van der Waals surface area (Å²) in [5.74, 6) is -5.99. The van der Waals surface area contributed by atoms with Crippen molar-refractivity contribution in [2.24, 2.45) is 17.2 Å². The average Bonchev–Trinajstić information content (AvgIpc) is 2.62. The number of hydrogen-bond donors (Lipinski definition) is 8. The van der Waals surface area contributed by atoms with E-state index in [0.717, 1.165) is 6.92 Å². The van der Waals surface area contributed by atoms with Gasteiger partial charge in [-0.05, 0) is 20.3 Å². The van der Waals surface area contributed by atoms with Gasteiger partial charge < -0.3 is 43.4 Å². The molecule has 0 spiro atoms. The number of aliphatic hydroxyl groups excluding tert-OH is 1. The molecule has 0 saturated heterocycles. The second-order valence-electron chi connectivity index (χ2n) is 6.63. The van der Waals surface area contributed by atoms with Gasteiger partial charge in [-0.3, -0.25) is 28.8 Å². The summed E-state index contributed by atoms with van der Waals surface area (Å²) in [5, 5.41) is 24.7. The van der Waals surface area contributed by atoms with Crippen molar-refractivity contribution in [1.29, 1.82) is 0 Å². The van der Waals surface area contributed by atoms with Crippen LogP contribution in [0.3, 0.4) is 0 Å². The SMILES string of the molecule is CC(NC(=O)C(CC(N)=O)NC(=O)C(CCC(N)=O)NC(=O)C(N)C(C)O)C(=O)O. The fourth-order valence-corrected chi connectivity index (χ4v) is 2.10. The number of primary amides is 2. The van der Waals surface area contributed by atoms with Gasteiger partial charge in [0.2, 0.25) is 29.5 Å². The van der Waals surface area contributed by atoms with Crippen molar-refractivity contribution in [1.82, 2.24) is 16.0 Å². The molecule has 5 unspecified atom stereocenters. The Morgan fingerprint density at radius 3 is 1.77 bits per heavy atom. The van der Waals surface area contributed by atoms with Crippen molar-refractivity contribution in [3.8, 4) is 0 Å². The average molecular weight is 432 g/mol. The van der Waals surface area contributed by atoms with Gasteiger partial charge in [0.05, 0.1) is 12.5 Å². The van der Waals surface area contributed by atoms with Crippen molar-refractivity contribution in [2.45, 2.75) is 63.4 Å². The van der Waals surface area contributed by atoms with Crippen LogP contribution in [-0.2, 0) is 28.8 Å². The van der Waals surface area contributed by atoms with Gasteiger partial charge >= 0.3 is 5.97 Å². The number of carboxylic acids is 1. The molecule has 5 atom stereocenters. The monoisotopic (exact) mass is 432 g/mol. The molecule has 14 heteroatoms. The van der Waals surface area contributed by atoms with Gasteiger partial charge in [-0.2, -0.15) is 0 Å². The summed E-state index contributed by atoms with van der Waals surface area (Å²) in [6, 6.07) is -5.64. The number of carboxylic acid groups (broad SMARTS) is 1. The first-order valence-electron chi connectivity index (χ1n) is 8.90. The summed E-state index contributed by atoms with van der Waals surface area (Å²) in [6.07, 6.45) is -2.48. The highest BCUT2D eigenvalue weighted by molar-refractivity contribution is 5.96. The van der Waals surface area contributed by atoms with Gasteiger partial charge in [0, 0.05) is 6.42 Å². The van der Waals surface area contributed by atoms with E-state index in [2.05, 4.69) is 16.0 Å². The maximum absolute atomic E-state index is 12.6. The van der Waals surface area contributed by atoms with Crippen LogP contribution in [-0.4, -0.2) is 76.0 Å². The molecule has 0 rings (SSSR count). The van der Waals surface area contributed by atoms with Gasteiger partial charge in [0.25, 0.3) is 0 Å². The van der Waals surface area contributed by atoms with E-state index in [1.807, 2.05) is 0 Å². The van der Waals surface area contributed by atoms with Crippen molar-refractivity contribution in [2.75, 3.05) is 0 Å². The maximum Gasteiger partial charge on any atom is 0.325 e. The fourth-order valence-electron chi connectivity index (χ4n) is 2.10. The Morgan fingerprint density at radius 1 is 0.833 bits per heavy atom. The quantitative estimate of drug-likeness (QED) is 0.139. The molecule has 0 saturated carbocycles. The van der Waals surface area contributed by atoms with Crippen LogP contribution < -0.4 is 33.2 Å². The molecule has 0 aromatic rings. The summed E-state index contributed by atoms with van der Waals surface area (Å²) < 4.78 is 0. The van der Waals surface area contributed by atoms with E-state index in [0.29, 0.717) is 0 Å². The molecule has 170 valence electrons. The number of amides is 5. The summed E-state index contributed by atoms with van der Waals surface area (Å²) in [4.78, 5) is 70.0. The van der Waals surface area contributed by atoms with Crippen molar-refractivity contribution in [3.63, 3.8) is 0 Å². The van der Waals surface area contributed by atoms with E-state index in [1.54, 1.807) is 0 Å². The lowest BCUT2D eigenvalue weighted by Gasteiger charge is -2.24. The molecular formula is C16H28N6O8. The second-order valence-corrected chi connectivity index (χ2v) is 6.63. The third kappa shape index (κ3) is 9.79. The van der Waals surface area contributed by atoms with Crippen LogP contribution in [0.15, 0.2) is 0 Å². The first kappa shape index (κ1) is 26.7. The van der Waals surface area contributed by atoms with E-state index in [9.17, 15) is 33.9 Å².